The minimum absolute atomic E-state index is 0.700. The lowest BCUT2D eigenvalue weighted by molar-refractivity contribution is 0.414. The zero-order valence-electron chi connectivity index (χ0n) is 14.1. The highest BCUT2D eigenvalue weighted by Crippen LogP contribution is 2.47. The molecule has 0 aliphatic carbocycles. The summed E-state index contributed by atoms with van der Waals surface area (Å²) in [6, 6.07) is 14.2. The predicted molar refractivity (Wildman–Crippen MR) is 103 cm³/mol. The van der Waals surface area contributed by atoms with E-state index in [9.17, 15) is 0 Å². The fourth-order valence-electron chi connectivity index (χ4n) is 2.52. The second kappa shape index (κ2) is 6.53. The van der Waals surface area contributed by atoms with Crippen LogP contribution in [0.1, 0.15) is 5.56 Å². The highest BCUT2D eigenvalue weighted by Gasteiger charge is 2.23. The molecule has 24 heavy (non-hydrogen) atoms. The molecule has 0 atom stereocenters. The molecule has 1 aliphatic heterocycles. The summed E-state index contributed by atoms with van der Waals surface area (Å²) in [5, 5.41) is 0.922. The molecular weight excluding hydrogens is 318 g/mol. The maximum absolute atomic E-state index is 6.31. The molecule has 0 radical (unpaired) electrons. The molecule has 0 saturated carbocycles. The van der Waals surface area contributed by atoms with Crippen molar-refractivity contribution in [1.29, 1.82) is 0 Å². The highest BCUT2D eigenvalue weighted by atomic mass is 32.2. The first-order chi connectivity index (χ1) is 11.5. The van der Waals surface area contributed by atoms with E-state index in [4.69, 9.17) is 10.5 Å². The molecule has 124 valence electrons. The Morgan fingerprint density at radius 2 is 1.92 bits per heavy atom. The first-order valence-electron chi connectivity index (χ1n) is 7.58. The number of hydrogen-bond acceptors (Lipinski definition) is 5. The summed E-state index contributed by atoms with van der Waals surface area (Å²) in [6.07, 6.45) is 1.93. The van der Waals surface area contributed by atoms with Crippen molar-refractivity contribution in [2.75, 3.05) is 31.0 Å². The summed E-state index contributed by atoms with van der Waals surface area (Å²) >= 11 is 1.62. The number of fused-ring (bicyclic) bond motifs is 1. The summed E-state index contributed by atoms with van der Waals surface area (Å²) in [7, 11) is 5.71. The molecular formula is C19H21N3OS. The molecule has 0 saturated heterocycles. The predicted octanol–water partition coefficient (Wildman–Crippen LogP) is 4.10. The van der Waals surface area contributed by atoms with Gasteiger partial charge in [0.15, 0.2) is 0 Å². The van der Waals surface area contributed by atoms with E-state index < -0.39 is 0 Å². The molecule has 3 rings (SSSR count). The Morgan fingerprint density at radius 1 is 1.21 bits per heavy atom. The lowest BCUT2D eigenvalue weighted by Crippen LogP contribution is -2.12. The van der Waals surface area contributed by atoms with Gasteiger partial charge in [-0.25, -0.2) is 0 Å². The Hall–Kier alpha value is -2.53. The van der Waals surface area contributed by atoms with Crippen molar-refractivity contribution in [2.45, 2.75) is 4.90 Å². The highest BCUT2D eigenvalue weighted by molar-refractivity contribution is 8.03. The standard InChI is InChI=1S/C19H21N3OS/c1-13-22(18-10-9-16(23-4)11-19(18)24-13)12-17(20)14-5-7-15(8-6-14)21(2)3/h5-12H,1,20H2,2-4H3/b17-12-. The quantitative estimate of drug-likeness (QED) is 0.908. The van der Waals surface area contributed by atoms with Crippen molar-refractivity contribution >= 4 is 28.8 Å². The number of anilines is 2. The van der Waals surface area contributed by atoms with Gasteiger partial charge in [-0.2, -0.15) is 0 Å². The molecule has 2 aromatic carbocycles. The van der Waals surface area contributed by atoms with E-state index in [-0.39, 0.29) is 0 Å². The number of ether oxygens (including phenoxy) is 1. The smallest absolute Gasteiger partial charge is 0.120 e. The molecule has 1 heterocycles. The van der Waals surface area contributed by atoms with Crippen LogP contribution in [0.5, 0.6) is 5.75 Å². The van der Waals surface area contributed by atoms with Crippen LogP contribution in [0.15, 0.2) is 65.2 Å². The number of nitrogens with zero attached hydrogens (tertiary/aromatic N) is 2. The number of rotatable bonds is 4. The average Bonchev–Trinajstić information content (AvgIpc) is 2.89. The van der Waals surface area contributed by atoms with Crippen LogP contribution in [-0.4, -0.2) is 21.2 Å². The lowest BCUT2D eigenvalue weighted by Gasteiger charge is -2.17. The number of hydrogen-bond donors (Lipinski definition) is 1. The van der Waals surface area contributed by atoms with E-state index in [1.165, 1.54) is 0 Å². The van der Waals surface area contributed by atoms with E-state index in [1.54, 1.807) is 18.9 Å². The molecule has 2 aromatic rings. The Balaban J connectivity index is 1.89. The monoisotopic (exact) mass is 339 g/mol. The van der Waals surface area contributed by atoms with Crippen molar-refractivity contribution in [3.05, 3.63) is 65.8 Å². The maximum Gasteiger partial charge on any atom is 0.120 e. The van der Waals surface area contributed by atoms with Gasteiger partial charge in [0.2, 0.25) is 0 Å². The van der Waals surface area contributed by atoms with Crippen LogP contribution < -0.4 is 20.3 Å². The summed E-state index contributed by atoms with van der Waals surface area (Å²) < 4.78 is 5.29. The van der Waals surface area contributed by atoms with Crippen molar-refractivity contribution < 1.29 is 4.74 Å². The van der Waals surface area contributed by atoms with Crippen LogP contribution in [0.25, 0.3) is 5.70 Å². The SMILES string of the molecule is C=C1Sc2cc(OC)ccc2N1/C=C(\N)c1ccc(N(C)C)cc1. The van der Waals surface area contributed by atoms with Crippen molar-refractivity contribution in [3.63, 3.8) is 0 Å². The molecule has 0 fully saturated rings. The summed E-state index contributed by atoms with van der Waals surface area (Å²) in [5.74, 6) is 0.840. The Bertz CT molecular complexity index is 797. The minimum atomic E-state index is 0.700. The first-order valence-corrected chi connectivity index (χ1v) is 8.40. The average molecular weight is 339 g/mol. The third-order valence-electron chi connectivity index (χ3n) is 3.91. The molecule has 0 unspecified atom stereocenters. The van der Waals surface area contributed by atoms with E-state index >= 15 is 0 Å². The molecule has 0 aromatic heterocycles. The van der Waals surface area contributed by atoms with Gasteiger partial charge in [0.05, 0.1) is 23.5 Å². The molecule has 0 spiro atoms. The summed E-state index contributed by atoms with van der Waals surface area (Å²) in [6.45, 7) is 4.13. The summed E-state index contributed by atoms with van der Waals surface area (Å²) in [4.78, 5) is 5.20. The maximum atomic E-state index is 6.31. The van der Waals surface area contributed by atoms with Gasteiger partial charge in [-0.05, 0) is 35.9 Å². The third-order valence-corrected chi connectivity index (χ3v) is 4.89. The van der Waals surface area contributed by atoms with Crippen molar-refractivity contribution in [2.24, 2.45) is 5.73 Å². The zero-order chi connectivity index (χ0) is 17.3. The number of thioether (sulfide) groups is 1. The Labute approximate surface area is 147 Å². The molecule has 5 heteroatoms. The van der Waals surface area contributed by atoms with Gasteiger partial charge in [0, 0.05) is 30.9 Å². The van der Waals surface area contributed by atoms with Gasteiger partial charge < -0.3 is 20.3 Å². The topological polar surface area (TPSA) is 41.7 Å². The Morgan fingerprint density at radius 3 is 2.54 bits per heavy atom. The van der Waals surface area contributed by atoms with Crippen LogP contribution in [0.3, 0.4) is 0 Å². The van der Waals surface area contributed by atoms with Gasteiger partial charge in [0.25, 0.3) is 0 Å². The first kappa shape index (κ1) is 16.3. The van der Waals surface area contributed by atoms with Gasteiger partial charge in [-0.15, -0.1) is 0 Å². The van der Waals surface area contributed by atoms with Crippen LogP contribution in [0, 0.1) is 0 Å². The van der Waals surface area contributed by atoms with Crippen LogP contribution in [0.4, 0.5) is 11.4 Å². The van der Waals surface area contributed by atoms with Crippen LogP contribution in [0.2, 0.25) is 0 Å². The van der Waals surface area contributed by atoms with E-state index in [2.05, 4.69) is 23.6 Å². The van der Waals surface area contributed by atoms with E-state index in [1.807, 2.05) is 55.5 Å². The van der Waals surface area contributed by atoms with Crippen LogP contribution in [-0.2, 0) is 0 Å². The van der Waals surface area contributed by atoms with E-state index in [0.717, 1.165) is 32.6 Å². The molecule has 1 aliphatic rings. The molecule has 0 bridgehead atoms. The van der Waals surface area contributed by atoms with Crippen LogP contribution >= 0.6 is 11.8 Å². The normalized spacial score (nSPS) is 13.9. The van der Waals surface area contributed by atoms with Gasteiger partial charge in [0.1, 0.15) is 5.75 Å². The lowest BCUT2D eigenvalue weighted by atomic mass is 10.1. The molecule has 2 N–H and O–H groups in total. The molecule has 4 nitrogen and oxygen atoms in total. The largest absolute Gasteiger partial charge is 0.497 e. The van der Waals surface area contributed by atoms with Gasteiger partial charge >= 0.3 is 0 Å². The van der Waals surface area contributed by atoms with Gasteiger partial charge in [-0.1, -0.05) is 30.5 Å². The second-order valence-corrected chi connectivity index (χ2v) is 6.84. The number of nitrogens with two attached hydrogens (primary N) is 1. The number of methoxy groups -OCH3 is 1. The number of benzene rings is 2. The fourth-order valence-corrected chi connectivity index (χ4v) is 3.47. The fraction of sp³-hybridized carbons (Fsp3) is 0.158. The minimum Gasteiger partial charge on any atom is -0.497 e. The van der Waals surface area contributed by atoms with Crippen molar-refractivity contribution in [1.82, 2.24) is 0 Å². The summed E-state index contributed by atoms with van der Waals surface area (Å²) in [5.41, 5.74) is 10.2. The van der Waals surface area contributed by atoms with Gasteiger partial charge in [-0.3, -0.25) is 0 Å². The second-order valence-electron chi connectivity index (χ2n) is 5.73. The zero-order valence-corrected chi connectivity index (χ0v) is 14.9. The third kappa shape index (κ3) is 3.08. The molecule has 0 amide bonds. The van der Waals surface area contributed by atoms with Crippen molar-refractivity contribution in [3.8, 4) is 5.75 Å². The Kier molecular flexibility index (Phi) is 4.44. The van der Waals surface area contributed by atoms with E-state index in [0.29, 0.717) is 5.70 Å².